The summed E-state index contributed by atoms with van der Waals surface area (Å²) in [6, 6.07) is 9.14. The van der Waals surface area contributed by atoms with E-state index in [0.717, 1.165) is 5.56 Å². The Balaban J connectivity index is 0.00000289. The molecule has 4 nitrogen and oxygen atoms in total. The maximum Gasteiger partial charge on any atom is 0.239 e. The molecule has 0 aliphatic carbocycles. The highest BCUT2D eigenvalue weighted by Crippen LogP contribution is 2.19. The summed E-state index contributed by atoms with van der Waals surface area (Å²) in [6.07, 6.45) is 0. The first kappa shape index (κ1) is 16.9. The van der Waals surface area contributed by atoms with Gasteiger partial charge in [0.1, 0.15) is 6.04 Å². The standard InChI is InChI=1S/C13H20N2O2.ClH/c1-13(2,10-7-5-4-6-8-10)15-12(16)11(14)9-17-3;/h4-8,11H,9,14H2,1-3H3,(H,15,16);1H. The summed E-state index contributed by atoms with van der Waals surface area (Å²) in [7, 11) is 1.52. The zero-order chi connectivity index (χ0) is 12.9. The molecule has 5 heteroatoms. The van der Waals surface area contributed by atoms with Gasteiger partial charge in [-0.3, -0.25) is 4.79 Å². The molecule has 0 radical (unpaired) electrons. The number of amides is 1. The second kappa shape index (κ2) is 7.36. The number of benzene rings is 1. The van der Waals surface area contributed by atoms with Crippen LogP contribution in [0.4, 0.5) is 0 Å². The van der Waals surface area contributed by atoms with Gasteiger partial charge in [0.05, 0.1) is 12.1 Å². The van der Waals surface area contributed by atoms with Crippen LogP contribution in [0.5, 0.6) is 0 Å². The lowest BCUT2D eigenvalue weighted by molar-refractivity contribution is -0.125. The van der Waals surface area contributed by atoms with E-state index in [9.17, 15) is 4.79 Å². The van der Waals surface area contributed by atoms with Gasteiger partial charge >= 0.3 is 0 Å². The van der Waals surface area contributed by atoms with E-state index in [0.29, 0.717) is 0 Å². The van der Waals surface area contributed by atoms with Crippen LogP contribution in [-0.2, 0) is 15.1 Å². The molecule has 0 fully saturated rings. The zero-order valence-electron chi connectivity index (χ0n) is 11.0. The molecule has 0 aliphatic rings. The third-order valence-electron chi connectivity index (χ3n) is 2.61. The fourth-order valence-corrected chi connectivity index (χ4v) is 1.58. The van der Waals surface area contributed by atoms with Crippen LogP contribution in [0.15, 0.2) is 30.3 Å². The average Bonchev–Trinajstić information content (AvgIpc) is 2.30. The summed E-state index contributed by atoms with van der Waals surface area (Å²) in [4.78, 5) is 11.8. The van der Waals surface area contributed by atoms with Crippen molar-refractivity contribution in [2.24, 2.45) is 5.73 Å². The first-order chi connectivity index (χ1) is 7.97. The minimum atomic E-state index is -0.636. The van der Waals surface area contributed by atoms with Crippen molar-refractivity contribution in [2.45, 2.75) is 25.4 Å². The van der Waals surface area contributed by atoms with Crippen molar-refractivity contribution in [2.75, 3.05) is 13.7 Å². The maximum atomic E-state index is 11.8. The highest BCUT2D eigenvalue weighted by molar-refractivity contribution is 5.85. The highest BCUT2D eigenvalue weighted by atomic mass is 35.5. The third-order valence-corrected chi connectivity index (χ3v) is 2.61. The van der Waals surface area contributed by atoms with Crippen LogP contribution in [0, 0.1) is 0 Å². The fourth-order valence-electron chi connectivity index (χ4n) is 1.58. The summed E-state index contributed by atoms with van der Waals surface area (Å²) in [5.41, 5.74) is 6.27. The summed E-state index contributed by atoms with van der Waals surface area (Å²) in [5.74, 6) is -0.208. The van der Waals surface area contributed by atoms with Crippen molar-refractivity contribution >= 4 is 18.3 Å². The molecule has 1 atom stereocenters. The van der Waals surface area contributed by atoms with Crippen molar-refractivity contribution in [1.29, 1.82) is 0 Å². The molecular formula is C13H21ClN2O2. The lowest BCUT2D eigenvalue weighted by Gasteiger charge is -2.28. The number of nitrogens with one attached hydrogen (secondary N) is 1. The Kier molecular flexibility index (Phi) is 6.91. The van der Waals surface area contributed by atoms with Gasteiger partial charge in [-0.15, -0.1) is 12.4 Å². The lowest BCUT2D eigenvalue weighted by atomic mass is 9.94. The van der Waals surface area contributed by atoms with Gasteiger partial charge in [-0.25, -0.2) is 0 Å². The molecule has 3 N–H and O–H groups in total. The van der Waals surface area contributed by atoms with E-state index in [1.54, 1.807) is 0 Å². The van der Waals surface area contributed by atoms with Crippen molar-refractivity contribution in [1.82, 2.24) is 5.32 Å². The molecule has 0 bridgehead atoms. The smallest absolute Gasteiger partial charge is 0.239 e. The monoisotopic (exact) mass is 272 g/mol. The fraction of sp³-hybridized carbons (Fsp3) is 0.462. The van der Waals surface area contributed by atoms with E-state index in [1.807, 2.05) is 44.2 Å². The second-order valence-electron chi connectivity index (χ2n) is 4.54. The van der Waals surface area contributed by atoms with Gasteiger partial charge in [-0.1, -0.05) is 30.3 Å². The van der Waals surface area contributed by atoms with Gasteiger partial charge in [-0.05, 0) is 19.4 Å². The van der Waals surface area contributed by atoms with Crippen molar-refractivity contribution in [3.63, 3.8) is 0 Å². The number of carbonyl (C=O) groups excluding carboxylic acids is 1. The van der Waals surface area contributed by atoms with Crippen LogP contribution in [-0.4, -0.2) is 25.7 Å². The molecule has 1 rings (SSSR count). The normalized spacial score (nSPS) is 12.4. The summed E-state index contributed by atoms with van der Waals surface area (Å²) < 4.78 is 4.86. The van der Waals surface area contributed by atoms with Gasteiger partial charge in [0.25, 0.3) is 0 Å². The van der Waals surface area contributed by atoms with E-state index < -0.39 is 11.6 Å². The molecule has 18 heavy (non-hydrogen) atoms. The Morgan fingerprint density at radius 3 is 2.44 bits per heavy atom. The number of carbonyl (C=O) groups is 1. The van der Waals surface area contributed by atoms with Crippen LogP contribution >= 0.6 is 12.4 Å². The quantitative estimate of drug-likeness (QED) is 0.852. The SMILES string of the molecule is COCC(N)C(=O)NC(C)(C)c1ccccc1.Cl. The number of halogens is 1. The molecule has 1 unspecified atom stereocenters. The first-order valence-electron chi connectivity index (χ1n) is 5.59. The number of hydrogen-bond acceptors (Lipinski definition) is 3. The van der Waals surface area contributed by atoms with E-state index in [-0.39, 0.29) is 24.9 Å². The number of ether oxygens (including phenoxy) is 1. The summed E-state index contributed by atoms with van der Waals surface area (Å²) in [6.45, 7) is 4.11. The van der Waals surface area contributed by atoms with Crippen LogP contribution in [0.25, 0.3) is 0 Å². The highest BCUT2D eigenvalue weighted by Gasteiger charge is 2.25. The second-order valence-corrected chi connectivity index (χ2v) is 4.54. The predicted molar refractivity (Wildman–Crippen MR) is 74.7 cm³/mol. The van der Waals surface area contributed by atoms with Crippen molar-refractivity contribution in [3.8, 4) is 0 Å². The largest absolute Gasteiger partial charge is 0.383 e. The maximum absolute atomic E-state index is 11.8. The van der Waals surface area contributed by atoms with E-state index in [4.69, 9.17) is 10.5 Å². The Hall–Kier alpha value is -1.10. The molecule has 0 aromatic heterocycles. The number of nitrogens with two attached hydrogens (primary N) is 1. The van der Waals surface area contributed by atoms with Crippen molar-refractivity contribution in [3.05, 3.63) is 35.9 Å². The molecule has 0 saturated heterocycles. The molecule has 0 aliphatic heterocycles. The Morgan fingerprint density at radius 2 is 1.94 bits per heavy atom. The molecule has 0 spiro atoms. The average molecular weight is 273 g/mol. The van der Waals surface area contributed by atoms with E-state index in [2.05, 4.69) is 5.32 Å². The van der Waals surface area contributed by atoms with Crippen LogP contribution in [0.3, 0.4) is 0 Å². The minimum Gasteiger partial charge on any atom is -0.383 e. The number of hydrogen-bond donors (Lipinski definition) is 2. The van der Waals surface area contributed by atoms with Crippen LogP contribution < -0.4 is 11.1 Å². The van der Waals surface area contributed by atoms with Gasteiger partial charge in [0.2, 0.25) is 5.91 Å². The molecular weight excluding hydrogens is 252 g/mol. The summed E-state index contributed by atoms with van der Waals surface area (Å²) in [5, 5.41) is 2.91. The minimum absolute atomic E-state index is 0. The number of methoxy groups -OCH3 is 1. The molecule has 1 aromatic carbocycles. The van der Waals surface area contributed by atoms with Crippen molar-refractivity contribution < 1.29 is 9.53 Å². The van der Waals surface area contributed by atoms with Gasteiger partial charge in [-0.2, -0.15) is 0 Å². The Labute approximate surface area is 114 Å². The zero-order valence-corrected chi connectivity index (χ0v) is 11.8. The van der Waals surface area contributed by atoms with Gasteiger partial charge < -0.3 is 15.8 Å². The van der Waals surface area contributed by atoms with Crippen LogP contribution in [0.2, 0.25) is 0 Å². The third kappa shape index (κ3) is 4.64. The lowest BCUT2D eigenvalue weighted by Crippen LogP contribution is -2.50. The Bertz CT molecular complexity index is 369. The Morgan fingerprint density at radius 1 is 1.39 bits per heavy atom. The van der Waals surface area contributed by atoms with Gasteiger partial charge in [0.15, 0.2) is 0 Å². The summed E-state index contributed by atoms with van der Waals surface area (Å²) >= 11 is 0. The van der Waals surface area contributed by atoms with Crippen LogP contribution in [0.1, 0.15) is 19.4 Å². The number of rotatable bonds is 5. The molecule has 102 valence electrons. The van der Waals surface area contributed by atoms with Gasteiger partial charge in [0, 0.05) is 7.11 Å². The van der Waals surface area contributed by atoms with E-state index >= 15 is 0 Å². The molecule has 1 aromatic rings. The molecule has 0 heterocycles. The molecule has 1 amide bonds. The first-order valence-corrected chi connectivity index (χ1v) is 5.59. The van der Waals surface area contributed by atoms with E-state index in [1.165, 1.54) is 7.11 Å². The predicted octanol–water partition coefficient (Wildman–Crippen LogP) is 1.43. The molecule has 0 saturated carbocycles. The topological polar surface area (TPSA) is 64.3 Å².